The molecule has 0 N–H and O–H groups in total. The average molecular weight is 446 g/mol. The first kappa shape index (κ1) is 22.5. The maximum absolute atomic E-state index is 11.8. The maximum Gasteiger partial charge on any atom is 0.303 e. The first-order valence-electron chi connectivity index (χ1n) is 9.49. The highest BCUT2D eigenvalue weighted by Gasteiger charge is 2.47. The maximum atomic E-state index is 11.8. The molecule has 31 heavy (non-hydrogen) atoms. The quantitative estimate of drug-likeness (QED) is 0.484. The lowest BCUT2D eigenvalue weighted by Crippen LogP contribution is -2.55. The van der Waals surface area contributed by atoms with Gasteiger partial charge in [0.25, 0.3) is 0 Å². The normalized spacial score (nSPS) is 22.8. The van der Waals surface area contributed by atoms with Gasteiger partial charge in [-0.1, -0.05) is 6.07 Å². The third kappa shape index (κ3) is 6.17. The van der Waals surface area contributed by atoms with Crippen LogP contribution in [0.15, 0.2) is 43.0 Å². The molecule has 1 fully saturated rings. The molecule has 0 bridgehead atoms. The molecule has 1 saturated heterocycles. The monoisotopic (exact) mass is 446 g/mol. The number of carbonyl (C=O) groups excluding carboxylic acids is 3. The van der Waals surface area contributed by atoms with Crippen LogP contribution in [0.4, 0.5) is 0 Å². The smallest absolute Gasteiger partial charge is 0.303 e. The van der Waals surface area contributed by atoms with E-state index in [-0.39, 0.29) is 5.75 Å². The molecule has 164 valence electrons. The van der Waals surface area contributed by atoms with Gasteiger partial charge in [-0.25, -0.2) is 0 Å². The number of pyridine rings is 2. The Kier molecular flexibility index (Phi) is 7.45. The molecule has 0 spiro atoms. The van der Waals surface area contributed by atoms with Crippen LogP contribution in [0.5, 0.6) is 5.75 Å². The second-order valence-corrected chi connectivity index (χ2v) is 7.90. The lowest BCUT2D eigenvalue weighted by molar-refractivity contribution is -0.186. The molecule has 9 nitrogen and oxygen atoms in total. The number of carbonyl (C=O) groups is 3. The molecular formula is C21H22N2O7S. The Balaban J connectivity index is 1.86. The van der Waals surface area contributed by atoms with Crippen LogP contribution in [0, 0.1) is 0 Å². The van der Waals surface area contributed by atoms with Gasteiger partial charge in [-0.05, 0) is 12.1 Å². The molecule has 0 amide bonds. The molecule has 2 aromatic rings. The molecule has 1 aliphatic heterocycles. The SMILES string of the molecule is CC(=O)O[C@@H]1[C@@H](OC(C)=O)[C@@H](Oc2cncc(-c3cccnc3)c2)SC[C@H]1OC(C)=O. The second kappa shape index (κ2) is 10.3. The van der Waals surface area contributed by atoms with Gasteiger partial charge in [0.1, 0.15) is 5.75 Å². The predicted molar refractivity (Wildman–Crippen MR) is 111 cm³/mol. The largest absolute Gasteiger partial charge is 0.474 e. The number of hydrogen-bond donors (Lipinski definition) is 0. The highest BCUT2D eigenvalue weighted by molar-refractivity contribution is 7.99. The summed E-state index contributed by atoms with van der Waals surface area (Å²) < 4.78 is 22.2. The molecule has 0 saturated carbocycles. The van der Waals surface area contributed by atoms with Crippen molar-refractivity contribution < 1.29 is 33.3 Å². The van der Waals surface area contributed by atoms with E-state index in [9.17, 15) is 14.4 Å². The van der Waals surface area contributed by atoms with Crippen LogP contribution in [0.2, 0.25) is 0 Å². The highest BCUT2D eigenvalue weighted by atomic mass is 32.2. The Morgan fingerprint density at radius 1 is 0.903 bits per heavy atom. The lowest BCUT2D eigenvalue weighted by Gasteiger charge is -2.39. The van der Waals surface area contributed by atoms with Crippen molar-refractivity contribution >= 4 is 29.7 Å². The number of rotatable bonds is 6. The summed E-state index contributed by atoms with van der Waals surface area (Å²) in [6.45, 7) is 3.73. The van der Waals surface area contributed by atoms with Crippen LogP contribution in [0.3, 0.4) is 0 Å². The minimum atomic E-state index is -1.01. The Labute approximate surface area is 183 Å². The van der Waals surface area contributed by atoms with E-state index in [0.29, 0.717) is 5.75 Å². The fraction of sp³-hybridized carbons (Fsp3) is 0.381. The third-order valence-corrected chi connectivity index (χ3v) is 5.48. The van der Waals surface area contributed by atoms with E-state index in [1.165, 1.54) is 38.7 Å². The predicted octanol–water partition coefficient (Wildman–Crippen LogP) is 2.39. The van der Waals surface area contributed by atoms with Gasteiger partial charge in [-0.2, -0.15) is 0 Å². The van der Waals surface area contributed by atoms with Gasteiger partial charge >= 0.3 is 17.9 Å². The number of esters is 3. The number of thioether (sulfide) groups is 1. The molecule has 3 heterocycles. The molecule has 0 aliphatic carbocycles. The lowest BCUT2D eigenvalue weighted by atomic mass is 10.1. The molecule has 1 aliphatic rings. The summed E-state index contributed by atoms with van der Waals surface area (Å²) in [5, 5.41) is 0. The summed E-state index contributed by atoms with van der Waals surface area (Å²) in [5.41, 5.74) is 0.941. The summed E-state index contributed by atoms with van der Waals surface area (Å²) in [4.78, 5) is 43.2. The zero-order chi connectivity index (χ0) is 22.4. The fourth-order valence-electron chi connectivity index (χ4n) is 3.12. The molecule has 0 unspecified atom stereocenters. The number of hydrogen-bond acceptors (Lipinski definition) is 10. The molecule has 10 heteroatoms. The van der Waals surface area contributed by atoms with Crippen molar-refractivity contribution in [1.82, 2.24) is 9.97 Å². The summed E-state index contributed by atoms with van der Waals surface area (Å²) in [5.74, 6) is -0.983. The van der Waals surface area contributed by atoms with E-state index in [4.69, 9.17) is 18.9 Å². The summed E-state index contributed by atoms with van der Waals surface area (Å²) in [6.07, 6.45) is 3.81. The fourth-order valence-corrected chi connectivity index (χ4v) is 4.34. The Morgan fingerprint density at radius 2 is 1.58 bits per heavy atom. The van der Waals surface area contributed by atoms with Crippen molar-refractivity contribution in [1.29, 1.82) is 0 Å². The zero-order valence-corrected chi connectivity index (χ0v) is 18.0. The Bertz CT molecular complexity index is 940. The van der Waals surface area contributed by atoms with E-state index >= 15 is 0 Å². The number of ether oxygens (including phenoxy) is 4. The first-order chi connectivity index (χ1) is 14.8. The molecule has 4 atom stereocenters. The summed E-state index contributed by atoms with van der Waals surface area (Å²) in [7, 11) is 0. The topological polar surface area (TPSA) is 114 Å². The van der Waals surface area contributed by atoms with Crippen molar-refractivity contribution in [2.45, 2.75) is 44.5 Å². The Morgan fingerprint density at radius 3 is 2.23 bits per heavy atom. The van der Waals surface area contributed by atoms with E-state index in [2.05, 4.69) is 9.97 Å². The van der Waals surface area contributed by atoms with Crippen molar-refractivity contribution in [2.24, 2.45) is 0 Å². The van der Waals surface area contributed by atoms with Crippen LogP contribution >= 0.6 is 11.8 Å². The van der Waals surface area contributed by atoms with Gasteiger partial charge in [-0.15, -0.1) is 11.8 Å². The zero-order valence-electron chi connectivity index (χ0n) is 17.2. The van der Waals surface area contributed by atoms with Crippen molar-refractivity contribution in [3.63, 3.8) is 0 Å². The highest BCUT2D eigenvalue weighted by Crippen LogP contribution is 2.34. The third-order valence-electron chi connectivity index (χ3n) is 4.26. The van der Waals surface area contributed by atoms with Gasteiger partial charge in [0.05, 0.1) is 6.20 Å². The second-order valence-electron chi connectivity index (χ2n) is 6.77. The molecule has 2 aromatic heterocycles. The van der Waals surface area contributed by atoms with Crippen LogP contribution in [0.1, 0.15) is 20.8 Å². The summed E-state index contributed by atoms with van der Waals surface area (Å²) >= 11 is 1.28. The van der Waals surface area contributed by atoms with Gasteiger partial charge in [0.2, 0.25) is 0 Å². The Hall–Kier alpha value is -3.14. The average Bonchev–Trinajstić information content (AvgIpc) is 2.72. The minimum Gasteiger partial charge on any atom is -0.474 e. The van der Waals surface area contributed by atoms with Crippen LogP contribution in [0.25, 0.3) is 11.1 Å². The van der Waals surface area contributed by atoms with Gasteiger partial charge in [-0.3, -0.25) is 24.4 Å². The van der Waals surface area contributed by atoms with E-state index < -0.39 is 41.7 Å². The molecule has 0 radical (unpaired) electrons. The van der Waals surface area contributed by atoms with Crippen LogP contribution in [-0.4, -0.2) is 57.4 Å². The standard InChI is InChI=1S/C21H22N2O7S/c1-12(24)27-18-11-31-21(20(29-14(3)26)19(18)28-13(2)25)30-17-7-16(9-23-10-17)15-5-4-6-22-8-15/h4-10,18-21H,11H2,1-3H3/t18-,19+,20-,21+/m1/s1. The van der Waals surface area contributed by atoms with E-state index in [1.54, 1.807) is 24.7 Å². The number of nitrogens with zero attached hydrogens (tertiary/aromatic N) is 2. The number of aromatic nitrogens is 2. The van der Waals surface area contributed by atoms with Gasteiger partial charge < -0.3 is 18.9 Å². The van der Waals surface area contributed by atoms with E-state index in [0.717, 1.165) is 11.1 Å². The van der Waals surface area contributed by atoms with Gasteiger partial charge in [0, 0.05) is 56.2 Å². The van der Waals surface area contributed by atoms with Crippen LogP contribution < -0.4 is 4.74 Å². The van der Waals surface area contributed by atoms with Gasteiger partial charge in [0.15, 0.2) is 23.7 Å². The van der Waals surface area contributed by atoms with E-state index in [1.807, 2.05) is 12.1 Å². The first-order valence-corrected chi connectivity index (χ1v) is 10.5. The minimum absolute atomic E-state index is 0.287. The van der Waals surface area contributed by atoms with Crippen molar-refractivity contribution in [2.75, 3.05) is 5.75 Å². The van der Waals surface area contributed by atoms with Crippen molar-refractivity contribution in [3.8, 4) is 16.9 Å². The molecular weight excluding hydrogens is 424 g/mol. The molecule has 0 aromatic carbocycles. The molecule has 3 rings (SSSR count). The summed E-state index contributed by atoms with van der Waals surface area (Å²) in [6, 6.07) is 5.50. The van der Waals surface area contributed by atoms with Crippen molar-refractivity contribution in [3.05, 3.63) is 43.0 Å². The van der Waals surface area contributed by atoms with Crippen LogP contribution in [-0.2, 0) is 28.6 Å².